The molecule has 1 fully saturated rings. The summed E-state index contributed by atoms with van der Waals surface area (Å²) < 4.78 is 0. The van der Waals surface area contributed by atoms with Gasteiger partial charge in [0, 0.05) is 84.0 Å². The lowest BCUT2D eigenvalue weighted by Crippen LogP contribution is -2.49. The molecule has 0 amide bonds. The molecule has 0 aromatic rings. The number of carbonyl (C=O) groups excluding carboxylic acids is 1. The van der Waals surface area contributed by atoms with Crippen molar-refractivity contribution < 1.29 is 54.3 Å². The van der Waals surface area contributed by atoms with Crippen molar-refractivity contribution >= 4 is 35.6 Å². The van der Waals surface area contributed by atoms with Crippen LogP contribution in [0.25, 0.3) is 0 Å². The molecule has 0 unspecified atom stereocenters. The zero-order chi connectivity index (χ0) is 34.2. The third-order valence-electron chi connectivity index (χ3n) is 7.39. The summed E-state index contributed by atoms with van der Waals surface area (Å²) in [5, 5.41) is 47.4. The highest BCUT2D eigenvalue weighted by Gasteiger charge is 2.25. The lowest BCUT2D eigenvalue weighted by molar-refractivity contribution is -0.141. The molecule has 0 aromatic heterocycles. The lowest BCUT2D eigenvalue weighted by atomic mass is 9.90. The predicted octanol–water partition coefficient (Wildman–Crippen LogP) is -2.15. The van der Waals surface area contributed by atoms with Gasteiger partial charge in [-0.1, -0.05) is 20.8 Å². The average molecular weight is 647 g/mol. The van der Waals surface area contributed by atoms with E-state index in [4.69, 9.17) is 0 Å². The van der Waals surface area contributed by atoms with E-state index in [1.54, 1.807) is 45.3 Å². The van der Waals surface area contributed by atoms with Gasteiger partial charge in [-0.15, -0.1) is 0 Å². The molecule has 0 saturated carbocycles. The Morgan fingerprint density at radius 2 is 0.533 bits per heavy atom. The first-order valence-corrected chi connectivity index (χ1v) is 14.9. The molecule has 0 atom stereocenters. The van der Waals surface area contributed by atoms with E-state index in [-0.39, 0.29) is 124 Å². The van der Waals surface area contributed by atoms with Crippen molar-refractivity contribution in [3.8, 4) is 0 Å². The molecule has 0 bridgehead atoms. The van der Waals surface area contributed by atoms with Gasteiger partial charge in [0.2, 0.25) is 0 Å². The van der Waals surface area contributed by atoms with Crippen LogP contribution in [0.5, 0.6) is 0 Å². The summed E-state index contributed by atoms with van der Waals surface area (Å²) in [5.41, 5.74) is -0.642. The van der Waals surface area contributed by atoms with Gasteiger partial charge < -0.3 is 25.5 Å². The maximum atomic E-state index is 12.9. The molecule has 0 radical (unpaired) electrons. The number of nitrogens with zero attached hydrogens (tertiary/aromatic N) is 6. The number of Topliss-reactive ketones (excluding diaryl/α,β-unsaturated/α-hetero) is 1. The van der Waals surface area contributed by atoms with Crippen molar-refractivity contribution in [1.82, 2.24) is 29.4 Å². The van der Waals surface area contributed by atoms with Crippen LogP contribution in [0.4, 0.5) is 0 Å². The summed E-state index contributed by atoms with van der Waals surface area (Å²) in [7, 11) is 0. The Hall–Kier alpha value is -3.22. The van der Waals surface area contributed by atoms with Gasteiger partial charge in [0.15, 0.2) is 5.78 Å². The van der Waals surface area contributed by atoms with Crippen LogP contribution in [0.1, 0.15) is 20.8 Å². The van der Waals surface area contributed by atoms with E-state index in [0.717, 1.165) is 0 Å². The molecule has 0 aromatic carbocycles. The van der Waals surface area contributed by atoms with Crippen LogP contribution in [0, 0.1) is 5.41 Å². The van der Waals surface area contributed by atoms with Crippen LogP contribution in [-0.2, 0) is 28.8 Å². The van der Waals surface area contributed by atoms with Gasteiger partial charge in [-0.25, -0.2) is 0 Å². The van der Waals surface area contributed by atoms with Gasteiger partial charge in [-0.2, -0.15) is 0 Å². The number of carbonyl (C=O) groups is 6. The summed E-state index contributed by atoms with van der Waals surface area (Å²) >= 11 is 0. The number of carboxylic acids is 5. The number of ketones is 1. The molecule has 17 nitrogen and oxygen atoms in total. The molecule has 17 heteroatoms. The fourth-order valence-corrected chi connectivity index (χ4v) is 4.71. The minimum absolute atomic E-state index is 0.0506. The Labute approximate surface area is 263 Å². The molecule has 258 valence electrons. The Bertz CT molecular complexity index is 950. The summed E-state index contributed by atoms with van der Waals surface area (Å²) in [6.45, 7) is 6.16. The monoisotopic (exact) mass is 646 g/mol. The van der Waals surface area contributed by atoms with Gasteiger partial charge in [0.1, 0.15) is 0 Å². The largest absolute Gasteiger partial charge is 0.480 e. The zero-order valence-corrected chi connectivity index (χ0v) is 26.6. The molecular formula is C28H50N6O11. The first-order chi connectivity index (χ1) is 20.9. The molecule has 5 N–H and O–H groups in total. The van der Waals surface area contributed by atoms with Crippen molar-refractivity contribution in [2.45, 2.75) is 20.8 Å². The van der Waals surface area contributed by atoms with Crippen molar-refractivity contribution in [2.75, 3.05) is 118 Å². The predicted molar refractivity (Wildman–Crippen MR) is 161 cm³/mol. The van der Waals surface area contributed by atoms with Crippen LogP contribution in [-0.4, -0.2) is 208 Å². The van der Waals surface area contributed by atoms with E-state index in [1.807, 2.05) is 4.90 Å². The van der Waals surface area contributed by atoms with E-state index in [0.29, 0.717) is 0 Å². The zero-order valence-electron chi connectivity index (χ0n) is 26.6. The smallest absolute Gasteiger partial charge is 0.317 e. The van der Waals surface area contributed by atoms with E-state index in [2.05, 4.69) is 0 Å². The minimum atomic E-state index is -1.11. The van der Waals surface area contributed by atoms with Crippen molar-refractivity contribution in [3.05, 3.63) is 0 Å². The first kappa shape index (κ1) is 39.8. The number of carboxylic acid groups (broad SMARTS) is 5. The Kier molecular flexibility index (Phi) is 17.7. The van der Waals surface area contributed by atoms with E-state index < -0.39 is 35.3 Å². The molecule has 1 aliphatic rings. The van der Waals surface area contributed by atoms with E-state index in [9.17, 15) is 54.3 Å². The average Bonchev–Trinajstić information content (AvgIpc) is 2.89. The van der Waals surface area contributed by atoms with Crippen LogP contribution in [0.3, 0.4) is 0 Å². The molecule has 0 aliphatic carbocycles. The van der Waals surface area contributed by atoms with Gasteiger partial charge in [-0.05, 0) is 0 Å². The Morgan fingerprint density at radius 1 is 0.378 bits per heavy atom. The molecule has 45 heavy (non-hydrogen) atoms. The second-order valence-corrected chi connectivity index (χ2v) is 12.3. The van der Waals surface area contributed by atoms with Gasteiger partial charge in [-0.3, -0.25) is 58.2 Å². The Balaban J connectivity index is 3.37. The Morgan fingerprint density at radius 3 is 0.667 bits per heavy atom. The van der Waals surface area contributed by atoms with Gasteiger partial charge in [0.05, 0.1) is 39.3 Å². The van der Waals surface area contributed by atoms with Crippen molar-refractivity contribution in [1.29, 1.82) is 0 Å². The number of aliphatic carboxylic acids is 5. The van der Waals surface area contributed by atoms with E-state index in [1.165, 1.54) is 0 Å². The molecule has 1 heterocycles. The van der Waals surface area contributed by atoms with Gasteiger partial charge >= 0.3 is 29.8 Å². The quantitative estimate of drug-likeness (QED) is 0.152. The van der Waals surface area contributed by atoms with Crippen LogP contribution in [0.15, 0.2) is 0 Å². The van der Waals surface area contributed by atoms with Crippen molar-refractivity contribution in [3.63, 3.8) is 0 Å². The number of hydrogen-bond donors (Lipinski definition) is 5. The van der Waals surface area contributed by atoms with Crippen LogP contribution >= 0.6 is 0 Å². The maximum Gasteiger partial charge on any atom is 0.317 e. The normalized spacial score (nSPS) is 19.4. The highest BCUT2D eigenvalue weighted by molar-refractivity contribution is 5.85. The van der Waals surface area contributed by atoms with Crippen LogP contribution in [0.2, 0.25) is 0 Å². The summed E-state index contributed by atoms with van der Waals surface area (Å²) in [6, 6.07) is 0. The molecule has 1 rings (SSSR count). The molecular weight excluding hydrogens is 596 g/mol. The highest BCUT2D eigenvalue weighted by Crippen LogP contribution is 2.15. The van der Waals surface area contributed by atoms with E-state index >= 15 is 0 Å². The topological polar surface area (TPSA) is 223 Å². The first-order valence-electron chi connectivity index (χ1n) is 14.9. The second kappa shape index (κ2) is 20.0. The molecule has 0 spiro atoms. The second-order valence-electron chi connectivity index (χ2n) is 12.3. The fraction of sp³-hybridized carbons (Fsp3) is 0.786. The maximum absolute atomic E-state index is 12.9. The molecule has 1 aliphatic heterocycles. The summed E-state index contributed by atoms with van der Waals surface area (Å²) in [6.07, 6.45) is 0. The summed E-state index contributed by atoms with van der Waals surface area (Å²) in [5.74, 6) is -5.52. The lowest BCUT2D eigenvalue weighted by Gasteiger charge is -2.33. The number of hydrogen-bond acceptors (Lipinski definition) is 12. The number of rotatable bonds is 12. The SMILES string of the molecule is CC(C)(C)C(=O)CN1CCN(CC(=O)O)CCN(CC(=O)O)CCN(CC(=O)O)CCN(CC(=O)O)CCN(CC(=O)O)CC1. The third-order valence-corrected chi connectivity index (χ3v) is 7.39. The highest BCUT2D eigenvalue weighted by atomic mass is 16.4. The third kappa shape index (κ3) is 19.0. The fourth-order valence-electron chi connectivity index (χ4n) is 4.71. The molecule has 1 saturated heterocycles. The van der Waals surface area contributed by atoms with Crippen molar-refractivity contribution in [2.24, 2.45) is 5.41 Å². The summed E-state index contributed by atoms with van der Waals surface area (Å²) in [4.78, 5) is 80.8. The van der Waals surface area contributed by atoms with Gasteiger partial charge in [0.25, 0.3) is 0 Å². The standard InChI is InChI=1S/C28H50N6O11/c1-28(2,3)22(35)16-29-4-6-30(17-23(36)37)8-10-32(19-25(40)41)12-14-34(21-27(44)45)15-13-33(20-26(42)43)11-9-31(7-5-29)18-24(38)39/h4-21H2,1-3H3,(H,36,37)(H,38,39)(H,40,41)(H,42,43)(H,44,45). The van der Waals surface area contributed by atoms with Crippen LogP contribution < -0.4 is 0 Å². The minimum Gasteiger partial charge on any atom is -0.480 e.